The van der Waals surface area contributed by atoms with Crippen molar-refractivity contribution in [3.8, 4) is 0 Å². The molecule has 0 aliphatic rings. The highest BCUT2D eigenvalue weighted by Gasteiger charge is 2.08. The number of benzene rings is 2. The molecule has 0 heteroatoms. The van der Waals surface area contributed by atoms with Gasteiger partial charge in [0.2, 0.25) is 0 Å². The van der Waals surface area contributed by atoms with Crippen molar-refractivity contribution in [1.29, 1.82) is 0 Å². The van der Waals surface area contributed by atoms with Crippen molar-refractivity contribution < 1.29 is 0 Å². The summed E-state index contributed by atoms with van der Waals surface area (Å²) in [6.45, 7) is 13.2. The second-order valence-electron chi connectivity index (χ2n) is 6.45. The smallest absolute Gasteiger partial charge is 0.0121 e. The second-order valence-corrected chi connectivity index (χ2v) is 6.45. The zero-order valence-electron chi connectivity index (χ0n) is 14.9. The maximum absolute atomic E-state index is 4.24. The molecule has 0 saturated heterocycles. The quantitative estimate of drug-likeness (QED) is 0.721. The van der Waals surface area contributed by atoms with Crippen molar-refractivity contribution in [1.82, 2.24) is 0 Å². The number of aryl methyl sites for hydroxylation is 1. The van der Waals surface area contributed by atoms with E-state index in [1.807, 2.05) is 0 Å². The number of hydrogen-bond acceptors (Lipinski definition) is 0. The fraction of sp³-hybridized carbons (Fsp3) is 0.304. The SMILES string of the molecule is C=c1ccc(C)c/c1=C(/C/C=C(\C)c1ccccc1)C(C)CC. The van der Waals surface area contributed by atoms with Crippen LogP contribution >= 0.6 is 0 Å². The van der Waals surface area contributed by atoms with Gasteiger partial charge in [0.05, 0.1) is 0 Å². The molecule has 0 fully saturated rings. The number of allylic oxidation sites excluding steroid dienone is 2. The summed E-state index contributed by atoms with van der Waals surface area (Å²) >= 11 is 0. The summed E-state index contributed by atoms with van der Waals surface area (Å²) in [7, 11) is 0. The normalized spacial score (nSPS) is 14.5. The fourth-order valence-corrected chi connectivity index (χ4v) is 2.89. The Kier molecular flexibility index (Phi) is 5.98. The lowest BCUT2D eigenvalue weighted by Crippen LogP contribution is -2.27. The molecule has 1 unspecified atom stereocenters. The Hall–Kier alpha value is -2.08. The van der Waals surface area contributed by atoms with E-state index in [1.54, 1.807) is 0 Å². The molecule has 0 heterocycles. The standard InChI is InChI=1S/C23H28/c1-6-18(3)22(23-16-17(2)12-13-20(23)5)15-14-19(4)21-10-8-7-9-11-21/h7-14,16,18H,5-6,15H2,1-4H3/b19-14+,23-22+. The summed E-state index contributed by atoms with van der Waals surface area (Å²) < 4.78 is 0. The first-order valence-corrected chi connectivity index (χ1v) is 8.53. The van der Waals surface area contributed by atoms with Gasteiger partial charge in [-0.3, -0.25) is 0 Å². The van der Waals surface area contributed by atoms with Gasteiger partial charge in [-0.2, -0.15) is 0 Å². The van der Waals surface area contributed by atoms with E-state index < -0.39 is 0 Å². The monoisotopic (exact) mass is 304 g/mol. The molecule has 2 aromatic carbocycles. The summed E-state index contributed by atoms with van der Waals surface area (Å²) in [5, 5.41) is 2.47. The van der Waals surface area contributed by atoms with E-state index >= 15 is 0 Å². The molecule has 23 heavy (non-hydrogen) atoms. The van der Waals surface area contributed by atoms with Gasteiger partial charge in [-0.1, -0.05) is 86.2 Å². The van der Waals surface area contributed by atoms with E-state index in [4.69, 9.17) is 0 Å². The molecule has 0 N–H and O–H groups in total. The Morgan fingerprint density at radius 3 is 2.48 bits per heavy atom. The zero-order chi connectivity index (χ0) is 16.8. The molecule has 0 aliphatic carbocycles. The highest BCUT2D eigenvalue weighted by molar-refractivity contribution is 5.65. The molecule has 120 valence electrons. The van der Waals surface area contributed by atoms with E-state index in [0.717, 1.165) is 18.1 Å². The van der Waals surface area contributed by atoms with Crippen LogP contribution in [0, 0.1) is 12.8 Å². The van der Waals surface area contributed by atoms with Crippen molar-refractivity contribution >= 4 is 17.7 Å². The molecule has 1 atom stereocenters. The lowest BCUT2D eigenvalue weighted by molar-refractivity contribution is 0.699. The third-order valence-electron chi connectivity index (χ3n) is 4.68. The first kappa shape index (κ1) is 17.3. The van der Waals surface area contributed by atoms with E-state index in [9.17, 15) is 0 Å². The Bertz CT molecular complexity index is 779. The molecule has 0 aliphatic heterocycles. The van der Waals surface area contributed by atoms with Crippen molar-refractivity contribution in [2.75, 3.05) is 0 Å². The predicted molar refractivity (Wildman–Crippen MR) is 104 cm³/mol. The Labute approximate surface area is 140 Å². The van der Waals surface area contributed by atoms with Crippen LogP contribution in [0.2, 0.25) is 0 Å². The fourth-order valence-electron chi connectivity index (χ4n) is 2.89. The minimum atomic E-state index is 0.567. The van der Waals surface area contributed by atoms with Crippen LogP contribution < -0.4 is 10.4 Å². The van der Waals surface area contributed by atoms with Crippen molar-refractivity contribution in [2.45, 2.75) is 40.5 Å². The van der Waals surface area contributed by atoms with Crippen LogP contribution in [0.25, 0.3) is 17.7 Å². The van der Waals surface area contributed by atoms with Crippen LogP contribution in [0.3, 0.4) is 0 Å². The van der Waals surface area contributed by atoms with E-state index in [-0.39, 0.29) is 0 Å². The topological polar surface area (TPSA) is 0 Å². The molecule has 0 saturated carbocycles. The first-order valence-electron chi connectivity index (χ1n) is 8.53. The zero-order valence-corrected chi connectivity index (χ0v) is 14.9. The summed E-state index contributed by atoms with van der Waals surface area (Å²) in [6, 6.07) is 17.2. The van der Waals surface area contributed by atoms with Gasteiger partial charge in [0.1, 0.15) is 0 Å². The Morgan fingerprint density at radius 2 is 1.83 bits per heavy atom. The lowest BCUT2D eigenvalue weighted by Gasteiger charge is -2.14. The van der Waals surface area contributed by atoms with Crippen LogP contribution in [0.5, 0.6) is 0 Å². The Balaban J connectivity index is 2.46. The average Bonchev–Trinajstić information content (AvgIpc) is 2.58. The minimum Gasteiger partial charge on any atom is -0.0912 e. The summed E-state index contributed by atoms with van der Waals surface area (Å²) in [6.07, 6.45) is 4.50. The van der Waals surface area contributed by atoms with Gasteiger partial charge in [0.15, 0.2) is 0 Å². The molecule has 2 aromatic rings. The number of hydrogen-bond donors (Lipinski definition) is 0. The highest BCUT2D eigenvalue weighted by Crippen LogP contribution is 2.21. The van der Waals surface area contributed by atoms with Crippen LogP contribution in [0.1, 0.15) is 44.7 Å². The minimum absolute atomic E-state index is 0.567. The van der Waals surface area contributed by atoms with E-state index in [2.05, 4.69) is 88.9 Å². The molecule has 0 amide bonds. The molecular weight excluding hydrogens is 276 g/mol. The van der Waals surface area contributed by atoms with Gasteiger partial charge in [-0.05, 0) is 54.2 Å². The van der Waals surface area contributed by atoms with Crippen LogP contribution in [-0.4, -0.2) is 0 Å². The van der Waals surface area contributed by atoms with Crippen molar-refractivity contribution in [2.24, 2.45) is 5.92 Å². The molecule has 0 bridgehead atoms. The third-order valence-corrected chi connectivity index (χ3v) is 4.68. The maximum atomic E-state index is 4.24. The second kappa shape index (κ2) is 7.97. The lowest BCUT2D eigenvalue weighted by atomic mass is 9.91. The van der Waals surface area contributed by atoms with E-state index in [1.165, 1.54) is 27.5 Å². The van der Waals surface area contributed by atoms with Gasteiger partial charge < -0.3 is 0 Å². The van der Waals surface area contributed by atoms with Gasteiger partial charge in [0, 0.05) is 0 Å². The maximum Gasteiger partial charge on any atom is -0.0121 e. The third kappa shape index (κ3) is 4.45. The molecule has 0 aromatic heterocycles. The molecule has 2 rings (SSSR count). The van der Waals surface area contributed by atoms with Crippen LogP contribution in [-0.2, 0) is 0 Å². The van der Waals surface area contributed by atoms with Gasteiger partial charge >= 0.3 is 0 Å². The molecule has 0 radical (unpaired) electrons. The van der Waals surface area contributed by atoms with Gasteiger partial charge in [-0.15, -0.1) is 0 Å². The summed E-state index contributed by atoms with van der Waals surface area (Å²) in [5.41, 5.74) is 5.44. The average molecular weight is 304 g/mol. The van der Waals surface area contributed by atoms with Crippen LogP contribution in [0.4, 0.5) is 0 Å². The van der Waals surface area contributed by atoms with Gasteiger partial charge in [0.25, 0.3) is 0 Å². The van der Waals surface area contributed by atoms with Crippen LogP contribution in [0.15, 0.2) is 54.6 Å². The number of rotatable bonds is 5. The summed E-state index contributed by atoms with van der Waals surface area (Å²) in [4.78, 5) is 0. The molecule has 0 spiro atoms. The van der Waals surface area contributed by atoms with Gasteiger partial charge in [-0.25, -0.2) is 0 Å². The van der Waals surface area contributed by atoms with E-state index in [0.29, 0.717) is 5.92 Å². The molecular formula is C23H28. The largest absolute Gasteiger partial charge is 0.0912 e. The Morgan fingerprint density at radius 1 is 1.13 bits per heavy atom. The predicted octanol–water partition coefficient (Wildman–Crippen LogP) is 5.10. The molecule has 0 nitrogen and oxygen atoms in total. The van der Waals surface area contributed by atoms with Crippen molar-refractivity contribution in [3.05, 3.63) is 76.2 Å². The summed E-state index contributed by atoms with van der Waals surface area (Å²) in [5.74, 6) is 0.567. The highest BCUT2D eigenvalue weighted by atomic mass is 14.1. The first-order chi connectivity index (χ1) is 11.0. The van der Waals surface area contributed by atoms with Crippen molar-refractivity contribution in [3.63, 3.8) is 0 Å².